The first-order valence-corrected chi connectivity index (χ1v) is 14.9. The lowest BCUT2D eigenvalue weighted by molar-refractivity contribution is -0.137. The summed E-state index contributed by atoms with van der Waals surface area (Å²) in [6.45, 7) is 3.14. The van der Waals surface area contributed by atoms with Crippen LogP contribution in [-0.2, 0) is 6.18 Å². The van der Waals surface area contributed by atoms with E-state index in [2.05, 4.69) is 25.2 Å². The van der Waals surface area contributed by atoms with Crippen LogP contribution in [0.2, 0.25) is 0 Å². The summed E-state index contributed by atoms with van der Waals surface area (Å²) in [5.74, 6) is -1.07. The highest BCUT2D eigenvalue weighted by Gasteiger charge is 2.50. The lowest BCUT2D eigenvalue weighted by Gasteiger charge is -2.40. The zero-order chi connectivity index (χ0) is 30.5. The number of aromatic nitrogens is 4. The van der Waals surface area contributed by atoms with E-state index in [0.29, 0.717) is 25.3 Å². The van der Waals surface area contributed by atoms with Gasteiger partial charge >= 0.3 is 12.2 Å². The second-order valence-electron chi connectivity index (χ2n) is 12.7. The van der Waals surface area contributed by atoms with Crippen LogP contribution in [0, 0.1) is 12.7 Å². The van der Waals surface area contributed by atoms with Gasteiger partial charge in [0.25, 0.3) is 0 Å². The Kier molecular flexibility index (Phi) is 6.16. The van der Waals surface area contributed by atoms with Gasteiger partial charge in [0, 0.05) is 31.6 Å². The van der Waals surface area contributed by atoms with Crippen LogP contribution in [0.5, 0.6) is 11.9 Å². The summed E-state index contributed by atoms with van der Waals surface area (Å²) < 4.78 is 86.1. The monoisotopic (exact) mass is 618 g/mol. The van der Waals surface area contributed by atoms with Crippen LogP contribution < -0.4 is 25.4 Å². The van der Waals surface area contributed by atoms with Gasteiger partial charge in [0.1, 0.15) is 53.3 Å². The van der Waals surface area contributed by atoms with Crippen molar-refractivity contribution in [1.82, 2.24) is 30.2 Å². The van der Waals surface area contributed by atoms with Gasteiger partial charge in [-0.15, -0.1) is 0 Å². The molecule has 4 saturated heterocycles. The van der Waals surface area contributed by atoms with Gasteiger partial charge in [-0.1, -0.05) is 0 Å². The average molecular weight is 619 g/mol. The van der Waals surface area contributed by atoms with Gasteiger partial charge in [-0.05, 0) is 50.8 Å². The quantitative estimate of drug-likeness (QED) is 0.419. The molecule has 0 spiro atoms. The number of nitrogens with two attached hydrogens (primary N) is 1. The Morgan fingerprint density at radius 2 is 2.00 bits per heavy atom. The summed E-state index contributed by atoms with van der Waals surface area (Å²) >= 11 is 0. The second kappa shape index (κ2) is 9.70. The zero-order valence-corrected chi connectivity index (χ0v) is 23.9. The highest BCUT2D eigenvalue weighted by molar-refractivity contribution is 5.97. The number of rotatable bonds is 4. The molecular weight excluding hydrogens is 587 g/mol. The van der Waals surface area contributed by atoms with Crippen LogP contribution in [0.25, 0.3) is 22.3 Å². The third kappa shape index (κ3) is 4.25. The largest absolute Gasteiger partial charge is 0.475 e. The molecule has 3 aromatic rings. The first-order chi connectivity index (χ1) is 21.0. The van der Waals surface area contributed by atoms with E-state index in [1.807, 2.05) is 4.90 Å². The number of hydrogen-bond donors (Lipinski definition) is 2. The van der Waals surface area contributed by atoms with E-state index < -0.39 is 40.7 Å². The Labute approximate surface area is 249 Å². The lowest BCUT2D eigenvalue weighted by atomic mass is 9.95. The molecular formula is C29H31F5N8O2. The maximum Gasteiger partial charge on any atom is 0.418 e. The fourth-order valence-electron chi connectivity index (χ4n) is 8.01. The lowest BCUT2D eigenvalue weighted by Crippen LogP contribution is -2.60. The van der Waals surface area contributed by atoms with E-state index in [9.17, 15) is 17.6 Å². The first kappa shape index (κ1) is 27.9. The van der Waals surface area contributed by atoms with Crippen molar-refractivity contribution < 1.29 is 31.4 Å². The summed E-state index contributed by atoms with van der Waals surface area (Å²) in [6.07, 6.45) is -2.01. The van der Waals surface area contributed by atoms with Crippen molar-refractivity contribution in [3.8, 4) is 23.3 Å². The van der Waals surface area contributed by atoms with Gasteiger partial charge in [0.05, 0.1) is 17.1 Å². The molecule has 44 heavy (non-hydrogen) atoms. The second-order valence-corrected chi connectivity index (χ2v) is 12.7. The highest BCUT2D eigenvalue weighted by atomic mass is 19.4. The predicted octanol–water partition coefficient (Wildman–Crippen LogP) is 3.79. The maximum absolute atomic E-state index is 16.6. The van der Waals surface area contributed by atoms with Crippen LogP contribution in [0.3, 0.4) is 0 Å². The molecule has 0 radical (unpaired) electrons. The molecule has 5 atom stereocenters. The van der Waals surface area contributed by atoms with Crippen LogP contribution in [0.1, 0.15) is 43.2 Å². The molecule has 0 amide bonds. The molecule has 3 unspecified atom stereocenters. The Hall–Kier alpha value is -3.59. The van der Waals surface area contributed by atoms with E-state index in [1.165, 1.54) is 6.92 Å². The van der Waals surface area contributed by atoms with E-state index in [0.717, 1.165) is 38.3 Å². The molecule has 0 aliphatic carbocycles. The van der Waals surface area contributed by atoms with E-state index >= 15 is 4.39 Å². The fourth-order valence-corrected chi connectivity index (χ4v) is 8.01. The van der Waals surface area contributed by atoms with Crippen molar-refractivity contribution in [3.63, 3.8) is 0 Å². The molecule has 8 heterocycles. The van der Waals surface area contributed by atoms with Crippen LogP contribution >= 0.6 is 0 Å². The van der Waals surface area contributed by atoms with Crippen molar-refractivity contribution in [2.75, 3.05) is 43.5 Å². The van der Waals surface area contributed by atoms with Gasteiger partial charge in [-0.2, -0.15) is 23.1 Å². The molecule has 3 aromatic heterocycles. The SMILES string of the molecule is Cc1cc(N)nc(-c2nc3c4c(nc(OC[C@@]56CCCN5C[C@H](F)C6)nc4c2F)N2CC4CCC(N4)C2CO3)c1C(F)(F)F. The molecule has 0 saturated carbocycles. The van der Waals surface area contributed by atoms with Crippen LogP contribution in [0.4, 0.5) is 33.6 Å². The topological polar surface area (TPSA) is 115 Å². The van der Waals surface area contributed by atoms with Crippen molar-refractivity contribution >= 4 is 22.5 Å². The number of nitrogen functional groups attached to an aromatic ring is 1. The van der Waals surface area contributed by atoms with Gasteiger partial charge < -0.3 is 25.4 Å². The summed E-state index contributed by atoms with van der Waals surface area (Å²) in [6, 6.07) is 1.01. The molecule has 5 aliphatic rings. The van der Waals surface area contributed by atoms with Gasteiger partial charge in [0.2, 0.25) is 5.88 Å². The third-order valence-electron chi connectivity index (χ3n) is 9.91. The number of ether oxygens (including phenoxy) is 2. The third-order valence-corrected chi connectivity index (χ3v) is 9.91. The summed E-state index contributed by atoms with van der Waals surface area (Å²) in [7, 11) is 0. The maximum atomic E-state index is 16.6. The van der Waals surface area contributed by atoms with Crippen LogP contribution in [-0.4, -0.2) is 87.5 Å². The summed E-state index contributed by atoms with van der Waals surface area (Å²) in [5.41, 5.74) is 2.25. The molecule has 10 nitrogen and oxygen atoms in total. The van der Waals surface area contributed by atoms with Crippen molar-refractivity contribution in [2.24, 2.45) is 0 Å². The predicted molar refractivity (Wildman–Crippen MR) is 150 cm³/mol. The van der Waals surface area contributed by atoms with Gasteiger partial charge in [0.15, 0.2) is 5.82 Å². The number of pyridine rings is 2. The van der Waals surface area contributed by atoms with E-state index in [4.69, 9.17) is 20.2 Å². The minimum atomic E-state index is -4.86. The minimum absolute atomic E-state index is 0.0720. The van der Waals surface area contributed by atoms with Crippen molar-refractivity contribution in [1.29, 1.82) is 0 Å². The zero-order valence-electron chi connectivity index (χ0n) is 23.9. The summed E-state index contributed by atoms with van der Waals surface area (Å²) in [4.78, 5) is 21.5. The minimum Gasteiger partial charge on any atom is -0.475 e. The Morgan fingerprint density at radius 3 is 2.82 bits per heavy atom. The smallest absolute Gasteiger partial charge is 0.418 e. The molecule has 3 N–H and O–H groups in total. The van der Waals surface area contributed by atoms with Crippen molar-refractivity contribution in [2.45, 2.75) is 75.0 Å². The van der Waals surface area contributed by atoms with Gasteiger partial charge in [-0.3, -0.25) is 4.90 Å². The number of fused-ring (bicyclic) bond motifs is 6. The number of anilines is 2. The Morgan fingerprint density at radius 1 is 1.16 bits per heavy atom. The molecule has 4 fully saturated rings. The van der Waals surface area contributed by atoms with E-state index in [-0.39, 0.29) is 65.5 Å². The molecule has 15 heteroatoms. The molecule has 0 aromatic carbocycles. The summed E-state index contributed by atoms with van der Waals surface area (Å²) in [5, 5.41) is 3.74. The number of alkyl halides is 4. The Bertz CT molecular complexity index is 1670. The Balaban J connectivity index is 1.31. The normalized spacial score (nSPS) is 29.5. The molecule has 8 rings (SSSR count). The first-order valence-electron chi connectivity index (χ1n) is 14.9. The highest BCUT2D eigenvalue weighted by Crippen LogP contribution is 2.46. The van der Waals surface area contributed by atoms with Crippen molar-refractivity contribution in [3.05, 3.63) is 23.0 Å². The number of nitrogens with one attached hydrogen (secondary N) is 1. The number of hydrogen-bond acceptors (Lipinski definition) is 10. The molecule has 2 bridgehead atoms. The number of aryl methyl sites for hydroxylation is 1. The molecule has 234 valence electrons. The van der Waals surface area contributed by atoms with E-state index in [1.54, 1.807) is 0 Å². The fraction of sp³-hybridized carbons (Fsp3) is 0.586. The number of nitrogens with zero attached hydrogens (tertiary/aromatic N) is 6. The average Bonchev–Trinajstić information content (AvgIpc) is 3.59. The number of piperazine rings is 1. The molecule has 5 aliphatic heterocycles. The van der Waals surface area contributed by atoms with Gasteiger partial charge in [-0.25, -0.2) is 18.7 Å². The standard InChI is InChI=1S/C29H31F5N8O2/c1-13-7-18(35)37-23(20(13)29(32,33)34)24-21(31)22-19-25(42-10-15-3-4-16(36-15)17(42)11-43-26(19)38-24)40-27(39-22)44-12-28-5-2-6-41(28)9-14(30)8-28/h7,14-17,36H,2-6,8-12H2,1H3,(H2,35,37)/t14-,15?,16?,17?,28+/m1/s1. The van der Waals surface area contributed by atoms with Crippen LogP contribution in [0.15, 0.2) is 6.07 Å². The number of halogens is 5.